The lowest BCUT2D eigenvalue weighted by Crippen LogP contribution is -2.54. The Morgan fingerprint density at radius 1 is 1.47 bits per heavy atom. The minimum atomic E-state index is -0.764. The summed E-state index contributed by atoms with van der Waals surface area (Å²) >= 11 is 0. The maximum absolute atomic E-state index is 12.2. The van der Waals surface area contributed by atoms with Gasteiger partial charge in [-0.3, -0.25) is 4.79 Å². The van der Waals surface area contributed by atoms with E-state index in [-0.39, 0.29) is 25.7 Å². The second kappa shape index (κ2) is 5.31. The highest BCUT2D eigenvalue weighted by Gasteiger charge is 2.45. The van der Waals surface area contributed by atoms with Gasteiger partial charge in [0.1, 0.15) is 5.41 Å². The Hall–Kier alpha value is -1.39. The second-order valence-electron chi connectivity index (χ2n) is 5.61. The average molecular weight is 263 g/mol. The number of hydrogen-bond donors (Lipinski definition) is 2. The third-order valence-electron chi connectivity index (χ3n) is 3.72. The topological polar surface area (TPSA) is 58.6 Å². The lowest BCUT2D eigenvalue weighted by atomic mass is 9.85. The lowest BCUT2D eigenvalue weighted by molar-refractivity contribution is -0.164. The van der Waals surface area contributed by atoms with Gasteiger partial charge in [0.25, 0.3) is 0 Å². The Morgan fingerprint density at radius 3 is 2.63 bits per heavy atom. The van der Waals surface area contributed by atoms with Crippen LogP contribution in [0.25, 0.3) is 0 Å². The molecule has 4 nitrogen and oxygen atoms in total. The Labute approximate surface area is 113 Å². The molecule has 1 aromatic carbocycles. The third kappa shape index (κ3) is 2.65. The van der Waals surface area contributed by atoms with Crippen molar-refractivity contribution in [1.82, 2.24) is 0 Å². The van der Waals surface area contributed by atoms with E-state index in [1.165, 1.54) is 5.56 Å². The minimum absolute atomic E-state index is 0.162. The molecular formula is C15H21NO3. The molecule has 1 heterocycles. The molecule has 1 amide bonds. The van der Waals surface area contributed by atoms with Gasteiger partial charge in [-0.05, 0) is 30.0 Å². The van der Waals surface area contributed by atoms with E-state index >= 15 is 0 Å². The van der Waals surface area contributed by atoms with Crippen LogP contribution in [0.1, 0.15) is 30.9 Å². The van der Waals surface area contributed by atoms with Gasteiger partial charge in [0.05, 0.1) is 19.8 Å². The Bertz CT molecular complexity index is 473. The molecule has 1 saturated heterocycles. The summed E-state index contributed by atoms with van der Waals surface area (Å²) in [4.78, 5) is 12.2. The minimum Gasteiger partial charge on any atom is -0.395 e. The first-order valence-corrected chi connectivity index (χ1v) is 6.59. The van der Waals surface area contributed by atoms with Crippen LogP contribution in [0.4, 0.5) is 5.69 Å². The van der Waals surface area contributed by atoms with E-state index in [1.807, 2.05) is 19.1 Å². The summed E-state index contributed by atoms with van der Waals surface area (Å²) in [6, 6.07) is 6.08. The normalized spacial score (nSPS) is 17.1. The van der Waals surface area contributed by atoms with Crippen LogP contribution >= 0.6 is 0 Å². The summed E-state index contributed by atoms with van der Waals surface area (Å²) in [6.45, 7) is 6.59. The summed E-state index contributed by atoms with van der Waals surface area (Å²) in [5.74, 6) is 0.250. The summed E-state index contributed by atoms with van der Waals surface area (Å²) in [5.41, 5.74) is 2.26. The van der Waals surface area contributed by atoms with Gasteiger partial charge < -0.3 is 15.2 Å². The van der Waals surface area contributed by atoms with E-state index in [0.717, 1.165) is 11.3 Å². The predicted molar refractivity (Wildman–Crippen MR) is 74.2 cm³/mol. The highest BCUT2D eigenvalue weighted by Crippen LogP contribution is 2.30. The van der Waals surface area contributed by atoms with Gasteiger partial charge in [-0.1, -0.05) is 26.0 Å². The molecule has 2 N–H and O–H groups in total. The Morgan fingerprint density at radius 2 is 2.16 bits per heavy atom. The molecule has 2 rings (SSSR count). The van der Waals surface area contributed by atoms with Crippen molar-refractivity contribution in [2.45, 2.75) is 26.7 Å². The molecule has 0 bridgehead atoms. The van der Waals surface area contributed by atoms with Crippen LogP contribution in [0, 0.1) is 12.3 Å². The Kier molecular flexibility index (Phi) is 3.92. The zero-order valence-electron chi connectivity index (χ0n) is 11.7. The molecule has 0 aromatic heterocycles. The summed E-state index contributed by atoms with van der Waals surface area (Å²) in [7, 11) is 0. The average Bonchev–Trinajstić information content (AvgIpc) is 2.31. The number of anilines is 1. The van der Waals surface area contributed by atoms with E-state index in [1.54, 1.807) is 0 Å². The number of aliphatic hydroxyl groups excluding tert-OH is 1. The number of amides is 1. The van der Waals surface area contributed by atoms with Gasteiger partial charge in [0, 0.05) is 5.69 Å². The molecule has 104 valence electrons. The summed E-state index contributed by atoms with van der Waals surface area (Å²) in [5, 5.41) is 12.3. The molecule has 1 fully saturated rings. The molecule has 1 aliphatic heterocycles. The molecule has 0 aliphatic carbocycles. The molecule has 1 aromatic rings. The van der Waals surface area contributed by atoms with Crippen molar-refractivity contribution in [2.24, 2.45) is 5.41 Å². The Balaban J connectivity index is 2.18. The fourth-order valence-electron chi connectivity index (χ4n) is 2.03. The quantitative estimate of drug-likeness (QED) is 0.874. The molecule has 0 saturated carbocycles. The van der Waals surface area contributed by atoms with Crippen molar-refractivity contribution < 1.29 is 14.6 Å². The molecule has 0 radical (unpaired) electrons. The van der Waals surface area contributed by atoms with Crippen LogP contribution in [0.2, 0.25) is 0 Å². The fraction of sp³-hybridized carbons (Fsp3) is 0.533. The number of carbonyl (C=O) groups is 1. The number of carbonyl (C=O) groups excluding carboxylic acids is 1. The number of benzene rings is 1. The van der Waals surface area contributed by atoms with Crippen molar-refractivity contribution in [3.63, 3.8) is 0 Å². The zero-order valence-corrected chi connectivity index (χ0v) is 11.7. The first kappa shape index (κ1) is 14.0. The molecule has 0 unspecified atom stereocenters. The smallest absolute Gasteiger partial charge is 0.237 e. The summed E-state index contributed by atoms with van der Waals surface area (Å²) in [6.07, 6.45) is 0. The lowest BCUT2D eigenvalue weighted by Gasteiger charge is -2.38. The van der Waals surface area contributed by atoms with Gasteiger partial charge in [-0.2, -0.15) is 0 Å². The third-order valence-corrected chi connectivity index (χ3v) is 3.72. The van der Waals surface area contributed by atoms with Gasteiger partial charge in [0.2, 0.25) is 5.91 Å². The highest BCUT2D eigenvalue weighted by molar-refractivity contribution is 5.96. The monoisotopic (exact) mass is 263 g/mol. The second-order valence-corrected chi connectivity index (χ2v) is 5.61. The van der Waals surface area contributed by atoms with Crippen LogP contribution in [-0.2, 0) is 9.53 Å². The summed E-state index contributed by atoms with van der Waals surface area (Å²) < 4.78 is 5.06. The van der Waals surface area contributed by atoms with Crippen LogP contribution in [0.5, 0.6) is 0 Å². The van der Waals surface area contributed by atoms with Crippen LogP contribution in [0.15, 0.2) is 18.2 Å². The number of rotatable bonds is 4. The molecule has 0 spiro atoms. The number of ether oxygens (including phenoxy) is 1. The van der Waals surface area contributed by atoms with Crippen molar-refractivity contribution >= 4 is 11.6 Å². The van der Waals surface area contributed by atoms with Gasteiger partial charge in [-0.15, -0.1) is 0 Å². The van der Waals surface area contributed by atoms with Crippen molar-refractivity contribution in [3.05, 3.63) is 29.3 Å². The molecule has 0 atom stereocenters. The van der Waals surface area contributed by atoms with E-state index in [4.69, 9.17) is 4.74 Å². The number of hydrogen-bond acceptors (Lipinski definition) is 3. The van der Waals surface area contributed by atoms with Crippen LogP contribution in [-0.4, -0.2) is 30.8 Å². The number of aryl methyl sites for hydroxylation is 1. The van der Waals surface area contributed by atoms with Gasteiger partial charge in [0.15, 0.2) is 0 Å². The molecule has 4 heteroatoms. The van der Waals surface area contributed by atoms with E-state index in [9.17, 15) is 9.90 Å². The van der Waals surface area contributed by atoms with Crippen molar-refractivity contribution in [3.8, 4) is 0 Å². The number of aliphatic hydroxyl groups is 1. The zero-order chi connectivity index (χ0) is 14.0. The van der Waals surface area contributed by atoms with Crippen molar-refractivity contribution in [2.75, 3.05) is 25.1 Å². The maximum Gasteiger partial charge on any atom is 0.237 e. The largest absolute Gasteiger partial charge is 0.395 e. The maximum atomic E-state index is 12.2. The SMILES string of the molecule is Cc1ccc(C(C)C)cc1NC(=O)C1(CO)COC1. The standard InChI is InChI=1S/C15H21NO3/c1-10(2)12-5-4-11(3)13(6-12)16-14(18)15(7-17)8-19-9-15/h4-6,10,17H,7-9H2,1-3H3,(H,16,18). The molecule has 19 heavy (non-hydrogen) atoms. The van der Waals surface area contributed by atoms with E-state index in [2.05, 4.69) is 25.2 Å². The molecular weight excluding hydrogens is 242 g/mol. The van der Waals surface area contributed by atoms with Crippen molar-refractivity contribution in [1.29, 1.82) is 0 Å². The van der Waals surface area contributed by atoms with Gasteiger partial charge >= 0.3 is 0 Å². The first-order valence-electron chi connectivity index (χ1n) is 6.59. The predicted octanol–water partition coefficient (Wildman–Crippen LogP) is 2.07. The van der Waals surface area contributed by atoms with Gasteiger partial charge in [-0.25, -0.2) is 0 Å². The van der Waals surface area contributed by atoms with E-state index in [0.29, 0.717) is 5.92 Å². The molecule has 1 aliphatic rings. The van der Waals surface area contributed by atoms with Crippen LogP contribution < -0.4 is 5.32 Å². The highest BCUT2D eigenvalue weighted by atomic mass is 16.5. The fourth-order valence-corrected chi connectivity index (χ4v) is 2.03. The van der Waals surface area contributed by atoms with E-state index < -0.39 is 5.41 Å². The van der Waals surface area contributed by atoms with Crippen LogP contribution in [0.3, 0.4) is 0 Å². The first-order chi connectivity index (χ1) is 8.98. The number of nitrogens with one attached hydrogen (secondary N) is 1.